The maximum atomic E-state index is 12.0. The van der Waals surface area contributed by atoms with E-state index in [9.17, 15) is 16.8 Å². The molecule has 0 aromatic heterocycles. The minimum Gasteiger partial charge on any atom is -0.229 e. The molecule has 6 nitrogen and oxygen atoms in total. The Balaban J connectivity index is 3.26. The molecule has 98 valence electrons. The Bertz CT molecular complexity index is 700. The molecule has 0 aliphatic carbocycles. The van der Waals surface area contributed by atoms with Crippen LogP contribution in [-0.4, -0.2) is 28.3 Å². The molecule has 1 aromatic carbocycles. The van der Waals surface area contributed by atoms with Crippen molar-refractivity contribution in [2.75, 3.05) is 11.5 Å². The minimum absolute atomic E-state index is 0.00409. The molecule has 0 heterocycles. The van der Waals surface area contributed by atoms with Crippen molar-refractivity contribution in [1.29, 1.82) is 5.26 Å². The van der Waals surface area contributed by atoms with Crippen molar-refractivity contribution in [3.8, 4) is 6.07 Å². The maximum absolute atomic E-state index is 12.0. The molecule has 0 amide bonds. The zero-order chi connectivity index (χ0) is 14.0. The summed E-state index contributed by atoms with van der Waals surface area (Å²) in [6.45, 7) is 1.55. The van der Waals surface area contributed by atoms with Gasteiger partial charge in [-0.15, -0.1) is 0 Å². The molecule has 0 radical (unpaired) electrons. The number of primary sulfonamides is 1. The van der Waals surface area contributed by atoms with Crippen LogP contribution in [0.15, 0.2) is 23.1 Å². The second kappa shape index (κ2) is 5.06. The largest absolute Gasteiger partial charge is 0.229 e. The van der Waals surface area contributed by atoms with Gasteiger partial charge in [-0.3, -0.25) is 0 Å². The topological polar surface area (TPSA) is 118 Å². The molecule has 0 bridgehead atoms. The number of sulfonamides is 1. The van der Waals surface area contributed by atoms with Crippen molar-refractivity contribution in [3.63, 3.8) is 0 Å². The summed E-state index contributed by atoms with van der Waals surface area (Å²) in [6.07, 6.45) is 0. The van der Waals surface area contributed by atoms with E-state index in [1.54, 1.807) is 25.1 Å². The van der Waals surface area contributed by atoms with Gasteiger partial charge in [0.15, 0.2) is 9.84 Å². The number of nitrogens with zero attached hydrogens (tertiary/aromatic N) is 1. The van der Waals surface area contributed by atoms with E-state index in [1.165, 1.54) is 6.07 Å². The highest BCUT2D eigenvalue weighted by Crippen LogP contribution is 2.21. The molecule has 18 heavy (non-hydrogen) atoms. The van der Waals surface area contributed by atoms with Gasteiger partial charge in [0.2, 0.25) is 10.0 Å². The lowest BCUT2D eigenvalue weighted by Crippen LogP contribution is -2.24. The van der Waals surface area contributed by atoms with Gasteiger partial charge in [0, 0.05) is 0 Å². The number of nitriles is 1. The Morgan fingerprint density at radius 2 is 1.83 bits per heavy atom. The zero-order valence-electron chi connectivity index (χ0n) is 9.62. The maximum Gasteiger partial charge on any atom is 0.210 e. The fourth-order valence-corrected chi connectivity index (χ4v) is 4.50. The van der Waals surface area contributed by atoms with Crippen LogP contribution in [0.2, 0.25) is 0 Å². The smallest absolute Gasteiger partial charge is 0.210 e. The van der Waals surface area contributed by atoms with Crippen LogP contribution < -0.4 is 5.14 Å². The summed E-state index contributed by atoms with van der Waals surface area (Å²) >= 11 is 0. The SMILES string of the molecule is Cc1cccc(C#N)c1S(=O)(=O)CCS(N)(=O)=O. The monoisotopic (exact) mass is 288 g/mol. The van der Waals surface area contributed by atoms with Crippen molar-refractivity contribution in [2.45, 2.75) is 11.8 Å². The van der Waals surface area contributed by atoms with Crippen LogP contribution in [-0.2, 0) is 19.9 Å². The fraction of sp³-hybridized carbons (Fsp3) is 0.300. The Morgan fingerprint density at radius 1 is 1.22 bits per heavy atom. The van der Waals surface area contributed by atoms with E-state index in [0.717, 1.165) is 0 Å². The Kier molecular flexibility index (Phi) is 4.11. The molecule has 0 unspecified atom stereocenters. The van der Waals surface area contributed by atoms with E-state index in [4.69, 9.17) is 10.4 Å². The van der Waals surface area contributed by atoms with Crippen LogP contribution in [0.5, 0.6) is 0 Å². The lowest BCUT2D eigenvalue weighted by molar-refractivity contribution is 0.588. The molecule has 2 N–H and O–H groups in total. The summed E-state index contributed by atoms with van der Waals surface area (Å²) in [5.74, 6) is -1.31. The van der Waals surface area contributed by atoms with Crippen molar-refractivity contribution < 1.29 is 16.8 Å². The molecule has 0 saturated heterocycles. The molecule has 0 fully saturated rings. The summed E-state index contributed by atoms with van der Waals surface area (Å²) in [4.78, 5) is -0.129. The van der Waals surface area contributed by atoms with E-state index in [2.05, 4.69) is 0 Å². The molecule has 0 atom stereocenters. The van der Waals surface area contributed by atoms with Crippen molar-refractivity contribution in [3.05, 3.63) is 29.3 Å². The summed E-state index contributed by atoms with van der Waals surface area (Å²) in [7, 11) is -7.71. The third-order valence-corrected chi connectivity index (χ3v) is 5.22. The average Bonchev–Trinajstić information content (AvgIpc) is 2.25. The number of hydrogen-bond acceptors (Lipinski definition) is 5. The first-order valence-electron chi connectivity index (χ1n) is 4.90. The number of nitrogens with two attached hydrogens (primary N) is 1. The van der Waals surface area contributed by atoms with Gasteiger partial charge in [0.25, 0.3) is 0 Å². The van der Waals surface area contributed by atoms with E-state index >= 15 is 0 Å². The number of rotatable bonds is 4. The van der Waals surface area contributed by atoms with Crippen LogP contribution in [0.4, 0.5) is 0 Å². The molecule has 1 rings (SSSR count). The highest BCUT2D eigenvalue weighted by atomic mass is 32.2. The van der Waals surface area contributed by atoms with Gasteiger partial charge in [-0.05, 0) is 18.6 Å². The number of aryl methyl sites for hydroxylation is 1. The lowest BCUT2D eigenvalue weighted by atomic mass is 10.1. The van der Waals surface area contributed by atoms with E-state index in [0.29, 0.717) is 5.56 Å². The lowest BCUT2D eigenvalue weighted by Gasteiger charge is -2.08. The molecule has 0 spiro atoms. The number of benzene rings is 1. The van der Waals surface area contributed by atoms with Crippen LogP contribution in [0, 0.1) is 18.3 Å². The van der Waals surface area contributed by atoms with Crippen LogP contribution in [0.1, 0.15) is 11.1 Å². The quantitative estimate of drug-likeness (QED) is 0.831. The molecule has 1 aromatic rings. The van der Waals surface area contributed by atoms with Gasteiger partial charge in [-0.2, -0.15) is 5.26 Å². The Labute approximate surface area is 106 Å². The van der Waals surface area contributed by atoms with Crippen LogP contribution in [0.3, 0.4) is 0 Å². The highest BCUT2D eigenvalue weighted by molar-refractivity contribution is 7.94. The molecular formula is C10H12N2O4S2. The summed E-state index contributed by atoms with van der Waals surface area (Å²) in [5.41, 5.74) is 0.410. The van der Waals surface area contributed by atoms with Gasteiger partial charge in [0.1, 0.15) is 6.07 Å². The first-order chi connectivity index (χ1) is 8.17. The molecule has 0 aliphatic heterocycles. The fourth-order valence-electron chi connectivity index (χ4n) is 1.48. The van der Waals surface area contributed by atoms with Gasteiger partial charge in [0.05, 0.1) is 22.0 Å². The van der Waals surface area contributed by atoms with Crippen molar-refractivity contribution in [1.82, 2.24) is 0 Å². The average molecular weight is 288 g/mol. The zero-order valence-corrected chi connectivity index (χ0v) is 11.3. The number of sulfone groups is 1. The predicted octanol–water partition coefficient (Wildman–Crippen LogP) is -0.0711. The van der Waals surface area contributed by atoms with Crippen LogP contribution >= 0.6 is 0 Å². The predicted molar refractivity (Wildman–Crippen MR) is 65.9 cm³/mol. The second-order valence-corrected chi connectivity index (χ2v) is 7.53. The Hall–Kier alpha value is -1.43. The van der Waals surface area contributed by atoms with Gasteiger partial charge < -0.3 is 0 Å². The van der Waals surface area contributed by atoms with E-state index in [-0.39, 0.29) is 10.5 Å². The first-order valence-corrected chi connectivity index (χ1v) is 8.27. The van der Waals surface area contributed by atoms with Crippen LogP contribution in [0.25, 0.3) is 0 Å². The third-order valence-electron chi connectivity index (χ3n) is 2.28. The second-order valence-electron chi connectivity index (χ2n) is 3.75. The molecule has 0 saturated carbocycles. The third kappa shape index (κ3) is 3.53. The van der Waals surface area contributed by atoms with Gasteiger partial charge in [-0.1, -0.05) is 12.1 Å². The van der Waals surface area contributed by atoms with Gasteiger partial charge >= 0.3 is 0 Å². The summed E-state index contributed by atoms with van der Waals surface area (Å²) < 4.78 is 45.6. The minimum atomic E-state index is -3.86. The normalized spacial score (nSPS) is 12.1. The molecular weight excluding hydrogens is 276 g/mol. The highest BCUT2D eigenvalue weighted by Gasteiger charge is 2.22. The Morgan fingerprint density at radius 3 is 2.33 bits per heavy atom. The standard InChI is InChI=1S/C10H12N2O4S2/c1-8-3-2-4-9(7-11)10(8)17(13,14)5-6-18(12,15)16/h2-4H,5-6H2,1H3,(H2,12,15,16). The van der Waals surface area contributed by atoms with Crippen molar-refractivity contribution in [2.24, 2.45) is 5.14 Å². The van der Waals surface area contributed by atoms with Crippen molar-refractivity contribution >= 4 is 19.9 Å². The summed E-state index contributed by atoms with van der Waals surface area (Å²) in [5, 5.41) is 13.6. The first kappa shape index (κ1) is 14.6. The van der Waals surface area contributed by atoms with Gasteiger partial charge in [-0.25, -0.2) is 22.0 Å². The molecule has 0 aliphatic rings. The van der Waals surface area contributed by atoms with E-state index < -0.39 is 31.4 Å². The van der Waals surface area contributed by atoms with E-state index in [1.807, 2.05) is 0 Å². The summed E-state index contributed by atoms with van der Waals surface area (Å²) in [6, 6.07) is 6.26. The number of hydrogen-bond donors (Lipinski definition) is 1. The molecule has 8 heteroatoms.